The van der Waals surface area contributed by atoms with Crippen molar-refractivity contribution in [3.8, 4) is 0 Å². The van der Waals surface area contributed by atoms with Crippen molar-refractivity contribution >= 4 is 39.5 Å². The Morgan fingerprint density at radius 3 is 2.81 bits per heavy atom. The van der Waals surface area contributed by atoms with Gasteiger partial charge in [0.05, 0.1) is 11.1 Å². The van der Waals surface area contributed by atoms with E-state index in [1.54, 1.807) is 23.1 Å². The highest BCUT2D eigenvalue weighted by molar-refractivity contribution is 7.90. The van der Waals surface area contributed by atoms with Gasteiger partial charge in [-0.15, -0.1) is 0 Å². The van der Waals surface area contributed by atoms with Gasteiger partial charge in [0.2, 0.25) is 10.9 Å². The van der Waals surface area contributed by atoms with Gasteiger partial charge in [0.25, 0.3) is 5.91 Å². The van der Waals surface area contributed by atoms with Crippen LogP contribution in [0.3, 0.4) is 0 Å². The number of anilines is 2. The average Bonchev–Trinajstić information content (AvgIpc) is 2.93. The molecule has 9 heteroatoms. The first-order valence-electron chi connectivity index (χ1n) is 9.96. The van der Waals surface area contributed by atoms with Gasteiger partial charge in [0, 0.05) is 60.4 Å². The molecule has 31 heavy (non-hydrogen) atoms. The van der Waals surface area contributed by atoms with Gasteiger partial charge >= 0.3 is 0 Å². The summed E-state index contributed by atoms with van der Waals surface area (Å²) in [6.45, 7) is 0.516. The van der Waals surface area contributed by atoms with E-state index in [-0.39, 0.29) is 19.4 Å². The molecule has 0 spiro atoms. The number of nitrogens with one attached hydrogen (secondary N) is 1. The molecule has 1 aromatic carbocycles. The maximum atomic E-state index is 13.9. The summed E-state index contributed by atoms with van der Waals surface area (Å²) < 4.78 is 39.5. The molecule has 2 aromatic heterocycles. The molecule has 1 amide bonds. The molecule has 1 saturated heterocycles. The first-order chi connectivity index (χ1) is 14.8. The molecule has 6 nitrogen and oxygen atoms in total. The van der Waals surface area contributed by atoms with Crippen molar-refractivity contribution < 1.29 is 18.1 Å². The Kier molecular flexibility index (Phi) is 6.06. The monoisotopic (exact) mass is 444 g/mol. The minimum atomic E-state index is -2.71. The molecule has 3 aromatic rings. The highest BCUT2D eigenvalue weighted by Crippen LogP contribution is 2.32. The molecule has 1 fully saturated rings. The van der Waals surface area contributed by atoms with Gasteiger partial charge < -0.3 is 14.8 Å². The molecular formula is C22H22F2N4O2S. The summed E-state index contributed by atoms with van der Waals surface area (Å²) in [7, 11) is 0. The van der Waals surface area contributed by atoms with Gasteiger partial charge in [0.1, 0.15) is 12.1 Å². The van der Waals surface area contributed by atoms with Crippen LogP contribution in [0.1, 0.15) is 29.6 Å². The van der Waals surface area contributed by atoms with Crippen molar-refractivity contribution in [2.45, 2.75) is 30.2 Å². The molecule has 1 N–H and O–H groups in total. The Balaban J connectivity index is 1.71. The Labute approximate surface area is 181 Å². The minimum Gasteiger partial charge on any atom is -0.610 e. The number of hydrogen-bond donors (Lipinski definition) is 1. The SMILES string of the molecule is C[S+]([O-])c1cc(NC(=O)c2cc3ccccc3nc2N2CCCC(F)(F)CC2)ccn1. The van der Waals surface area contributed by atoms with Crippen molar-refractivity contribution in [1.29, 1.82) is 0 Å². The number of carbonyl (C=O) groups excluding carboxylic acids is 1. The number of alkyl halides is 2. The second-order valence-corrected chi connectivity index (χ2v) is 8.87. The Morgan fingerprint density at radius 1 is 1.19 bits per heavy atom. The van der Waals surface area contributed by atoms with Crippen LogP contribution >= 0.6 is 0 Å². The largest absolute Gasteiger partial charge is 0.610 e. The zero-order valence-corrected chi connectivity index (χ0v) is 17.8. The van der Waals surface area contributed by atoms with Crippen LogP contribution in [0.15, 0.2) is 53.7 Å². The van der Waals surface area contributed by atoms with Crippen LogP contribution in [-0.4, -0.2) is 45.7 Å². The summed E-state index contributed by atoms with van der Waals surface area (Å²) in [6.07, 6.45) is 2.85. The number of rotatable bonds is 4. The summed E-state index contributed by atoms with van der Waals surface area (Å²) in [5.41, 5.74) is 1.45. The zero-order chi connectivity index (χ0) is 22.0. The van der Waals surface area contributed by atoms with Crippen LogP contribution in [0.5, 0.6) is 0 Å². The van der Waals surface area contributed by atoms with Gasteiger partial charge in [-0.3, -0.25) is 4.79 Å². The molecule has 4 rings (SSSR count). The lowest BCUT2D eigenvalue weighted by Gasteiger charge is -2.24. The number of para-hydroxylation sites is 1. The molecule has 1 aliphatic heterocycles. The Bertz CT molecular complexity index is 1110. The second kappa shape index (κ2) is 8.76. The first-order valence-corrected chi connectivity index (χ1v) is 11.5. The van der Waals surface area contributed by atoms with Crippen LogP contribution in [0.25, 0.3) is 10.9 Å². The van der Waals surface area contributed by atoms with Crippen LogP contribution in [-0.2, 0) is 11.2 Å². The number of amides is 1. The lowest BCUT2D eigenvalue weighted by molar-refractivity contribution is -0.0102. The summed E-state index contributed by atoms with van der Waals surface area (Å²) >= 11 is -1.29. The van der Waals surface area contributed by atoms with E-state index in [4.69, 9.17) is 0 Å². The van der Waals surface area contributed by atoms with E-state index < -0.39 is 23.0 Å². The third kappa shape index (κ3) is 4.94. The summed E-state index contributed by atoms with van der Waals surface area (Å²) in [5, 5.41) is 3.93. The highest BCUT2D eigenvalue weighted by atomic mass is 32.2. The fourth-order valence-corrected chi connectivity index (χ4v) is 4.13. The number of carbonyl (C=O) groups is 1. The molecule has 0 saturated carbocycles. The van der Waals surface area contributed by atoms with Crippen LogP contribution < -0.4 is 10.2 Å². The van der Waals surface area contributed by atoms with E-state index in [0.717, 1.165) is 5.39 Å². The standard InChI is InChI=1S/C22H22F2N4O2S/c1-31(30)19-14-16(7-10-25-19)26-21(29)17-13-15-5-2-3-6-18(15)27-20(17)28-11-4-8-22(23,24)9-12-28/h2-3,5-7,10,13-14H,4,8-9,11-12H2,1H3,(H,25,26,29). The first kappa shape index (κ1) is 21.5. The second-order valence-electron chi connectivity index (χ2n) is 7.54. The predicted octanol–water partition coefficient (Wildman–Crippen LogP) is 4.25. The van der Waals surface area contributed by atoms with E-state index >= 15 is 0 Å². The lowest BCUT2D eigenvalue weighted by atomic mass is 10.1. The van der Waals surface area contributed by atoms with E-state index in [9.17, 15) is 18.1 Å². The normalized spacial score (nSPS) is 17.2. The molecule has 0 aliphatic carbocycles. The smallest absolute Gasteiger partial charge is 0.259 e. The topological polar surface area (TPSA) is 81.2 Å². The number of hydrogen-bond acceptors (Lipinski definition) is 5. The molecule has 1 atom stereocenters. The van der Waals surface area contributed by atoms with Crippen molar-refractivity contribution in [1.82, 2.24) is 9.97 Å². The van der Waals surface area contributed by atoms with Gasteiger partial charge in [-0.1, -0.05) is 18.2 Å². The number of aromatic nitrogens is 2. The molecule has 0 radical (unpaired) electrons. The van der Waals surface area contributed by atoms with Crippen LogP contribution in [0, 0.1) is 0 Å². The average molecular weight is 445 g/mol. The summed E-state index contributed by atoms with van der Waals surface area (Å²) in [5.74, 6) is -2.73. The summed E-state index contributed by atoms with van der Waals surface area (Å²) in [6, 6.07) is 12.3. The molecule has 1 unspecified atom stereocenters. The van der Waals surface area contributed by atoms with Gasteiger partial charge in [-0.05, 0) is 24.6 Å². The van der Waals surface area contributed by atoms with E-state index in [1.807, 2.05) is 24.3 Å². The maximum Gasteiger partial charge on any atom is 0.259 e. The zero-order valence-electron chi connectivity index (χ0n) is 17.0. The quantitative estimate of drug-likeness (QED) is 0.609. The van der Waals surface area contributed by atoms with Gasteiger partial charge in [0.15, 0.2) is 0 Å². The van der Waals surface area contributed by atoms with Gasteiger partial charge in [-0.2, -0.15) is 0 Å². The van der Waals surface area contributed by atoms with E-state index in [1.165, 1.54) is 12.5 Å². The van der Waals surface area contributed by atoms with Crippen molar-refractivity contribution in [3.63, 3.8) is 0 Å². The Morgan fingerprint density at radius 2 is 2.00 bits per heavy atom. The fraction of sp³-hybridized carbons (Fsp3) is 0.318. The van der Waals surface area contributed by atoms with E-state index in [0.29, 0.717) is 40.6 Å². The highest BCUT2D eigenvalue weighted by Gasteiger charge is 2.33. The van der Waals surface area contributed by atoms with Crippen LogP contribution in [0.4, 0.5) is 20.3 Å². The predicted molar refractivity (Wildman–Crippen MR) is 117 cm³/mol. The van der Waals surface area contributed by atoms with Gasteiger partial charge in [-0.25, -0.2) is 18.7 Å². The number of halogens is 2. The number of nitrogens with zero attached hydrogens (tertiary/aromatic N) is 3. The van der Waals surface area contributed by atoms with Crippen molar-refractivity contribution in [2.24, 2.45) is 0 Å². The minimum absolute atomic E-state index is 0.118. The fourth-order valence-electron chi connectivity index (χ4n) is 3.63. The molecule has 1 aliphatic rings. The third-order valence-electron chi connectivity index (χ3n) is 5.25. The summed E-state index contributed by atoms with van der Waals surface area (Å²) in [4.78, 5) is 23.6. The molecule has 0 bridgehead atoms. The number of pyridine rings is 2. The van der Waals surface area contributed by atoms with Crippen molar-refractivity contribution in [2.75, 3.05) is 29.6 Å². The number of fused-ring (bicyclic) bond motifs is 1. The molecular weight excluding hydrogens is 422 g/mol. The lowest BCUT2D eigenvalue weighted by Crippen LogP contribution is -2.29. The Hall–Kier alpha value is -2.78. The molecule has 3 heterocycles. The van der Waals surface area contributed by atoms with Crippen molar-refractivity contribution in [3.05, 3.63) is 54.2 Å². The van der Waals surface area contributed by atoms with E-state index in [2.05, 4.69) is 15.3 Å². The number of benzene rings is 1. The maximum absolute atomic E-state index is 13.9. The van der Waals surface area contributed by atoms with Crippen LogP contribution in [0.2, 0.25) is 0 Å². The molecule has 162 valence electrons. The third-order valence-corrected chi connectivity index (χ3v) is 6.07.